The van der Waals surface area contributed by atoms with Crippen LogP contribution in [-0.2, 0) is 9.53 Å². The van der Waals surface area contributed by atoms with E-state index < -0.39 is 8.07 Å². The number of carbonyl (C=O) groups excluding carboxylic acids is 1. The van der Waals surface area contributed by atoms with Gasteiger partial charge < -0.3 is 4.74 Å². The van der Waals surface area contributed by atoms with Gasteiger partial charge in [-0.3, -0.25) is 4.79 Å². The lowest BCUT2D eigenvalue weighted by Gasteiger charge is -2.48. The largest absolute Gasteiger partial charge is 0.469 e. The lowest BCUT2D eigenvalue weighted by molar-refractivity contribution is -0.148. The van der Waals surface area contributed by atoms with Gasteiger partial charge in [0, 0.05) is 0 Å². The van der Waals surface area contributed by atoms with Crippen LogP contribution in [0.25, 0.3) is 0 Å². The molecule has 3 aliphatic rings. The molecule has 3 rings (SSSR count). The molecule has 0 aromatic heterocycles. The van der Waals surface area contributed by atoms with Crippen LogP contribution < -0.4 is 0 Å². The Balaban J connectivity index is 1.87. The van der Waals surface area contributed by atoms with E-state index in [1.54, 1.807) is 0 Å². The molecule has 18 heavy (non-hydrogen) atoms. The van der Waals surface area contributed by atoms with E-state index in [0.29, 0.717) is 5.54 Å². The Morgan fingerprint density at radius 2 is 2.00 bits per heavy atom. The fraction of sp³-hybridized carbons (Fsp3) is 0.800. The van der Waals surface area contributed by atoms with Crippen molar-refractivity contribution in [1.29, 1.82) is 0 Å². The van der Waals surface area contributed by atoms with Crippen LogP contribution in [0.3, 0.4) is 0 Å². The third-order valence-electron chi connectivity index (χ3n) is 5.55. The first kappa shape index (κ1) is 12.5. The van der Waals surface area contributed by atoms with Crippen molar-refractivity contribution in [2.24, 2.45) is 5.92 Å². The summed E-state index contributed by atoms with van der Waals surface area (Å²) in [4.78, 5) is 12.0. The molecule has 2 nitrogen and oxygen atoms in total. The molecule has 0 bridgehead atoms. The molecule has 0 amide bonds. The lowest BCUT2D eigenvalue weighted by atomic mass is 9.93. The number of ether oxygens (including phenoxy) is 1. The summed E-state index contributed by atoms with van der Waals surface area (Å²) < 4.78 is 5.61. The summed E-state index contributed by atoms with van der Waals surface area (Å²) in [5.74, 6) is 0.285. The van der Waals surface area contributed by atoms with E-state index in [4.69, 9.17) is 4.74 Å². The van der Waals surface area contributed by atoms with E-state index in [1.165, 1.54) is 32.1 Å². The number of fused-ring (bicyclic) bond motifs is 1. The first-order valence-corrected chi connectivity index (χ1v) is 10.4. The second-order valence-electron chi connectivity index (χ2n) is 6.59. The standard InChI is InChI=1S/C15H24O2Si/c1-18(12-7-3-2-4-8-12)11-17-15(16)13-9-5-6-10-14(13)18/h6,10,12-14H,2-5,7-9,11H2,1H3/t13-,14+,18-/m0/s1. The maximum Gasteiger partial charge on any atom is 0.308 e. The first-order valence-electron chi connectivity index (χ1n) is 7.55. The van der Waals surface area contributed by atoms with Crippen LogP contribution in [0.15, 0.2) is 12.2 Å². The molecule has 0 aromatic carbocycles. The Labute approximate surface area is 111 Å². The number of esters is 1. The zero-order valence-electron chi connectivity index (χ0n) is 11.4. The molecule has 100 valence electrons. The Kier molecular flexibility index (Phi) is 3.35. The third-order valence-corrected chi connectivity index (χ3v) is 10.9. The van der Waals surface area contributed by atoms with Gasteiger partial charge in [-0.15, -0.1) is 0 Å². The van der Waals surface area contributed by atoms with E-state index in [0.717, 1.165) is 24.6 Å². The number of allylic oxidation sites excluding steroid dienone is 2. The minimum Gasteiger partial charge on any atom is -0.469 e. The van der Waals surface area contributed by atoms with Gasteiger partial charge >= 0.3 is 5.97 Å². The van der Waals surface area contributed by atoms with Crippen LogP contribution in [-0.4, -0.2) is 20.3 Å². The Bertz CT molecular complexity index is 360. The number of cyclic esters (lactones) is 1. The van der Waals surface area contributed by atoms with Crippen molar-refractivity contribution in [2.75, 3.05) is 6.23 Å². The smallest absolute Gasteiger partial charge is 0.308 e. The highest BCUT2D eigenvalue weighted by atomic mass is 28.3. The molecule has 0 radical (unpaired) electrons. The maximum absolute atomic E-state index is 12.0. The van der Waals surface area contributed by atoms with Gasteiger partial charge in [-0.05, 0) is 23.9 Å². The van der Waals surface area contributed by atoms with Crippen LogP contribution in [0.1, 0.15) is 44.9 Å². The second-order valence-corrected chi connectivity index (χ2v) is 11.4. The fourth-order valence-corrected chi connectivity index (χ4v) is 9.31. The van der Waals surface area contributed by atoms with Crippen LogP contribution in [0.5, 0.6) is 0 Å². The molecule has 3 atom stereocenters. The quantitative estimate of drug-likeness (QED) is 0.409. The topological polar surface area (TPSA) is 26.3 Å². The average molecular weight is 264 g/mol. The third kappa shape index (κ3) is 1.96. The van der Waals surface area contributed by atoms with E-state index in [2.05, 4.69) is 18.7 Å². The normalized spacial score (nSPS) is 41.3. The van der Waals surface area contributed by atoms with E-state index >= 15 is 0 Å². The summed E-state index contributed by atoms with van der Waals surface area (Å²) in [5.41, 5.74) is 1.45. The van der Waals surface area contributed by atoms with Crippen molar-refractivity contribution < 1.29 is 9.53 Å². The number of rotatable bonds is 1. The molecule has 1 heterocycles. The molecule has 2 aliphatic carbocycles. The van der Waals surface area contributed by atoms with Crippen molar-refractivity contribution in [3.63, 3.8) is 0 Å². The minimum atomic E-state index is -1.47. The van der Waals surface area contributed by atoms with Gasteiger partial charge in [-0.1, -0.05) is 50.8 Å². The predicted octanol–water partition coefficient (Wildman–Crippen LogP) is 3.83. The van der Waals surface area contributed by atoms with Crippen molar-refractivity contribution in [2.45, 2.75) is 62.6 Å². The maximum atomic E-state index is 12.0. The van der Waals surface area contributed by atoms with Crippen LogP contribution in [0, 0.1) is 5.92 Å². The zero-order valence-corrected chi connectivity index (χ0v) is 12.4. The summed E-state index contributed by atoms with van der Waals surface area (Å²) >= 11 is 0. The lowest BCUT2D eigenvalue weighted by Crippen LogP contribution is -2.55. The van der Waals surface area contributed by atoms with Crippen molar-refractivity contribution in [3.8, 4) is 0 Å². The average Bonchev–Trinajstić information content (AvgIpc) is 2.44. The fourth-order valence-electron chi connectivity index (χ4n) is 4.36. The SMILES string of the molecule is C[Si@@]1(C2CCCCC2)COC(=O)[C@H]2CCC=C[C@H]21. The van der Waals surface area contributed by atoms with E-state index in [1.807, 2.05) is 0 Å². The molecule has 1 aliphatic heterocycles. The molecule has 0 unspecified atom stereocenters. The van der Waals surface area contributed by atoms with Crippen molar-refractivity contribution in [3.05, 3.63) is 12.2 Å². The van der Waals surface area contributed by atoms with Gasteiger partial charge in [0.05, 0.1) is 12.1 Å². The monoisotopic (exact) mass is 264 g/mol. The van der Waals surface area contributed by atoms with E-state index in [-0.39, 0.29) is 11.9 Å². The number of carbonyl (C=O) groups is 1. The first-order chi connectivity index (χ1) is 8.72. The molecule has 0 aromatic rings. The van der Waals surface area contributed by atoms with Gasteiger partial charge in [-0.2, -0.15) is 0 Å². The Morgan fingerprint density at radius 3 is 2.78 bits per heavy atom. The second kappa shape index (κ2) is 4.84. The highest BCUT2D eigenvalue weighted by molar-refractivity contribution is 6.82. The molecule has 2 fully saturated rings. The minimum absolute atomic E-state index is 0.0881. The Hall–Kier alpha value is -0.573. The van der Waals surface area contributed by atoms with Gasteiger partial charge in [-0.25, -0.2) is 0 Å². The van der Waals surface area contributed by atoms with Crippen LogP contribution >= 0.6 is 0 Å². The summed E-state index contributed by atoms with van der Waals surface area (Å²) in [5, 5.41) is 0. The Morgan fingerprint density at radius 1 is 1.22 bits per heavy atom. The van der Waals surface area contributed by atoms with Crippen molar-refractivity contribution in [1.82, 2.24) is 0 Å². The summed E-state index contributed by atoms with van der Waals surface area (Å²) in [6, 6.07) is 0. The van der Waals surface area contributed by atoms with E-state index in [9.17, 15) is 4.79 Å². The van der Waals surface area contributed by atoms with Gasteiger partial charge in [0.1, 0.15) is 8.07 Å². The summed E-state index contributed by atoms with van der Waals surface area (Å²) in [7, 11) is -1.47. The molecule has 0 N–H and O–H groups in total. The predicted molar refractivity (Wildman–Crippen MR) is 75.0 cm³/mol. The molecular weight excluding hydrogens is 240 g/mol. The molecule has 0 spiro atoms. The van der Waals surface area contributed by atoms with Gasteiger partial charge in [0.25, 0.3) is 0 Å². The highest BCUT2D eigenvalue weighted by Gasteiger charge is 2.52. The zero-order chi connectivity index (χ0) is 12.6. The molecule has 1 saturated carbocycles. The number of hydrogen-bond donors (Lipinski definition) is 0. The van der Waals surface area contributed by atoms with Crippen LogP contribution in [0.4, 0.5) is 0 Å². The summed E-state index contributed by atoms with van der Waals surface area (Å²) in [6.07, 6.45) is 14.5. The highest BCUT2D eigenvalue weighted by Crippen LogP contribution is 2.50. The number of hydrogen-bond acceptors (Lipinski definition) is 2. The van der Waals surface area contributed by atoms with Gasteiger partial charge in [0.2, 0.25) is 0 Å². The molecule has 1 saturated heterocycles. The van der Waals surface area contributed by atoms with Gasteiger partial charge in [0.15, 0.2) is 0 Å². The molecular formula is C15H24O2Si. The summed E-state index contributed by atoms with van der Waals surface area (Å²) in [6.45, 7) is 2.50. The molecule has 3 heteroatoms. The van der Waals surface area contributed by atoms with Crippen LogP contribution in [0.2, 0.25) is 17.6 Å². The van der Waals surface area contributed by atoms with Crippen molar-refractivity contribution >= 4 is 14.0 Å².